The number of rotatable bonds is 1. The van der Waals surface area contributed by atoms with Gasteiger partial charge in [-0.25, -0.2) is 0 Å². The minimum absolute atomic E-state index is 0.00968. The monoisotopic (exact) mass is 316 g/mol. The molecule has 24 heavy (non-hydrogen) atoms. The summed E-state index contributed by atoms with van der Waals surface area (Å²) < 4.78 is 5.20. The van der Waals surface area contributed by atoms with Crippen LogP contribution in [0.2, 0.25) is 0 Å². The molecule has 0 aliphatic heterocycles. The molecule has 2 aromatic carbocycles. The van der Waals surface area contributed by atoms with Crippen LogP contribution in [-0.4, -0.2) is 18.7 Å². The van der Waals surface area contributed by atoms with Gasteiger partial charge in [0.1, 0.15) is 0 Å². The largest absolute Gasteiger partial charge is 0.493 e. The summed E-state index contributed by atoms with van der Waals surface area (Å²) in [7, 11) is 1.46. The van der Waals surface area contributed by atoms with E-state index >= 15 is 0 Å². The molecule has 3 nitrogen and oxygen atoms in total. The second kappa shape index (κ2) is 4.67. The number of allylic oxidation sites excluding steroid dienone is 2. The van der Waals surface area contributed by atoms with Crippen molar-refractivity contribution in [3.63, 3.8) is 0 Å². The van der Waals surface area contributed by atoms with Crippen LogP contribution in [0.15, 0.2) is 60.4 Å². The van der Waals surface area contributed by atoms with Gasteiger partial charge in [-0.05, 0) is 22.3 Å². The van der Waals surface area contributed by atoms with Crippen molar-refractivity contribution in [2.45, 2.75) is 11.8 Å². The first kappa shape index (κ1) is 13.7. The Bertz CT molecular complexity index is 877. The van der Waals surface area contributed by atoms with Crippen molar-refractivity contribution >= 4 is 11.6 Å². The fourth-order valence-electron chi connectivity index (χ4n) is 4.95. The Hall–Kier alpha value is -2.68. The van der Waals surface area contributed by atoms with Gasteiger partial charge >= 0.3 is 0 Å². The number of carbonyl (C=O) groups is 2. The number of methoxy groups -OCH3 is 1. The molecule has 0 saturated heterocycles. The van der Waals surface area contributed by atoms with Crippen LogP contribution in [-0.2, 0) is 14.3 Å². The maximum atomic E-state index is 13.0. The van der Waals surface area contributed by atoms with Gasteiger partial charge in [0.25, 0.3) is 0 Å². The van der Waals surface area contributed by atoms with Crippen LogP contribution in [0.4, 0.5) is 0 Å². The molecule has 0 spiro atoms. The van der Waals surface area contributed by atoms with Gasteiger partial charge in [0.2, 0.25) is 5.78 Å². The van der Waals surface area contributed by atoms with Crippen LogP contribution < -0.4 is 0 Å². The summed E-state index contributed by atoms with van der Waals surface area (Å²) in [6.45, 7) is 0. The van der Waals surface area contributed by atoms with Gasteiger partial charge in [-0.3, -0.25) is 9.59 Å². The Labute approximate surface area is 140 Å². The molecule has 0 heterocycles. The molecule has 0 N–H and O–H groups in total. The fraction of sp³-hybridized carbons (Fsp3) is 0.238. The molecule has 4 aliphatic carbocycles. The van der Waals surface area contributed by atoms with Gasteiger partial charge < -0.3 is 4.74 Å². The van der Waals surface area contributed by atoms with Crippen LogP contribution in [0.1, 0.15) is 34.1 Å². The number of ketones is 2. The first-order chi connectivity index (χ1) is 11.7. The summed E-state index contributed by atoms with van der Waals surface area (Å²) in [5.41, 5.74) is 4.75. The number of benzene rings is 2. The standard InChI is InChI=1S/C21H16O3/c1-24-16-10-15(22)19-17-11-6-2-4-8-13(11)18(20(19)21(16)23)14-9-5-3-7-12(14)17/h2-10,17-20H,1H3. The summed E-state index contributed by atoms with van der Waals surface area (Å²) in [6.07, 6.45) is 1.40. The van der Waals surface area contributed by atoms with Crippen molar-refractivity contribution in [1.82, 2.24) is 0 Å². The number of ether oxygens (including phenoxy) is 1. The van der Waals surface area contributed by atoms with E-state index in [0.29, 0.717) is 0 Å². The van der Waals surface area contributed by atoms with Gasteiger partial charge in [0, 0.05) is 29.7 Å². The first-order valence-corrected chi connectivity index (χ1v) is 8.23. The van der Waals surface area contributed by atoms with E-state index in [0.717, 1.165) is 0 Å². The molecule has 3 heteroatoms. The maximum absolute atomic E-state index is 13.0. The molecule has 0 fully saturated rings. The Morgan fingerprint density at radius 1 is 0.750 bits per heavy atom. The van der Waals surface area contributed by atoms with Crippen molar-refractivity contribution in [2.75, 3.05) is 7.11 Å². The molecule has 0 saturated carbocycles. The summed E-state index contributed by atoms with van der Waals surface area (Å²) in [4.78, 5) is 25.8. The zero-order chi connectivity index (χ0) is 16.4. The van der Waals surface area contributed by atoms with Crippen LogP contribution in [0, 0.1) is 11.8 Å². The Morgan fingerprint density at radius 3 is 1.67 bits per heavy atom. The van der Waals surface area contributed by atoms with E-state index in [1.165, 1.54) is 35.4 Å². The average Bonchev–Trinajstić information content (AvgIpc) is 2.64. The molecule has 2 bridgehead atoms. The highest BCUT2D eigenvalue weighted by molar-refractivity contribution is 6.11. The highest BCUT2D eigenvalue weighted by Gasteiger charge is 2.56. The predicted molar refractivity (Wildman–Crippen MR) is 88.7 cm³/mol. The van der Waals surface area contributed by atoms with Crippen LogP contribution >= 0.6 is 0 Å². The lowest BCUT2D eigenvalue weighted by atomic mass is 9.51. The second-order valence-electron chi connectivity index (χ2n) is 6.74. The molecule has 2 aromatic rings. The van der Waals surface area contributed by atoms with E-state index in [4.69, 9.17) is 4.74 Å². The highest BCUT2D eigenvalue weighted by Crippen LogP contribution is 2.60. The minimum atomic E-state index is -0.354. The highest BCUT2D eigenvalue weighted by atomic mass is 16.5. The number of hydrogen-bond acceptors (Lipinski definition) is 3. The van der Waals surface area contributed by atoms with E-state index in [1.54, 1.807) is 0 Å². The molecular formula is C21H16O3. The van der Waals surface area contributed by atoms with E-state index in [-0.39, 0.29) is 41.0 Å². The lowest BCUT2D eigenvalue weighted by molar-refractivity contribution is -0.134. The zero-order valence-electron chi connectivity index (χ0n) is 13.2. The van der Waals surface area contributed by atoms with Crippen molar-refractivity contribution in [3.05, 3.63) is 82.6 Å². The van der Waals surface area contributed by atoms with Crippen molar-refractivity contribution in [2.24, 2.45) is 11.8 Å². The van der Waals surface area contributed by atoms with Gasteiger partial charge in [-0.1, -0.05) is 48.5 Å². The Morgan fingerprint density at radius 2 is 1.21 bits per heavy atom. The summed E-state index contributed by atoms with van der Waals surface area (Å²) >= 11 is 0. The topological polar surface area (TPSA) is 43.4 Å². The summed E-state index contributed by atoms with van der Waals surface area (Å²) in [5, 5.41) is 0. The van der Waals surface area contributed by atoms with Gasteiger partial charge in [-0.15, -0.1) is 0 Å². The predicted octanol–water partition coefficient (Wildman–Crippen LogP) is 3.19. The molecule has 2 atom stereocenters. The van der Waals surface area contributed by atoms with Crippen molar-refractivity contribution in [3.8, 4) is 0 Å². The SMILES string of the molecule is COC1=CC(=O)C2C3c4ccccc4C(c4ccccc43)C2C1=O. The van der Waals surface area contributed by atoms with Crippen molar-refractivity contribution in [1.29, 1.82) is 0 Å². The first-order valence-electron chi connectivity index (χ1n) is 8.23. The van der Waals surface area contributed by atoms with Crippen LogP contribution in [0.25, 0.3) is 0 Å². The zero-order valence-corrected chi connectivity index (χ0v) is 13.2. The van der Waals surface area contributed by atoms with Crippen LogP contribution in [0.5, 0.6) is 0 Å². The van der Waals surface area contributed by atoms with Crippen molar-refractivity contribution < 1.29 is 14.3 Å². The summed E-state index contributed by atoms with van der Waals surface area (Å²) in [5.74, 6) is -0.611. The smallest absolute Gasteiger partial charge is 0.202 e. The number of hydrogen-bond donors (Lipinski definition) is 0. The Kier molecular flexibility index (Phi) is 2.67. The molecule has 118 valence electrons. The third kappa shape index (κ3) is 1.52. The number of carbonyl (C=O) groups excluding carboxylic acids is 2. The molecule has 4 aliphatic rings. The molecule has 0 radical (unpaired) electrons. The normalized spacial score (nSPS) is 29.5. The third-order valence-corrected chi connectivity index (χ3v) is 5.80. The van der Waals surface area contributed by atoms with E-state index in [2.05, 4.69) is 24.3 Å². The van der Waals surface area contributed by atoms with Gasteiger partial charge in [-0.2, -0.15) is 0 Å². The molecule has 2 unspecified atom stereocenters. The fourth-order valence-corrected chi connectivity index (χ4v) is 4.95. The molecular weight excluding hydrogens is 300 g/mol. The van der Waals surface area contributed by atoms with Crippen LogP contribution in [0.3, 0.4) is 0 Å². The van der Waals surface area contributed by atoms with E-state index in [1.807, 2.05) is 24.3 Å². The average molecular weight is 316 g/mol. The van der Waals surface area contributed by atoms with Gasteiger partial charge in [0.15, 0.2) is 11.5 Å². The number of Topliss-reactive ketones (excluding diaryl/α,β-unsaturated/α-hetero) is 1. The second-order valence-corrected chi connectivity index (χ2v) is 6.74. The molecule has 6 rings (SSSR count). The lowest BCUT2D eigenvalue weighted by Crippen LogP contribution is -2.49. The minimum Gasteiger partial charge on any atom is -0.493 e. The van der Waals surface area contributed by atoms with E-state index < -0.39 is 0 Å². The van der Waals surface area contributed by atoms with Gasteiger partial charge in [0.05, 0.1) is 7.11 Å². The molecule has 0 aromatic heterocycles. The maximum Gasteiger partial charge on any atom is 0.202 e. The third-order valence-electron chi connectivity index (χ3n) is 5.80. The quantitative estimate of drug-likeness (QED) is 0.811. The lowest BCUT2D eigenvalue weighted by Gasteiger charge is -2.50. The van der Waals surface area contributed by atoms with E-state index in [9.17, 15) is 9.59 Å². The molecule has 0 amide bonds. The summed E-state index contributed by atoms with van der Waals surface area (Å²) in [6, 6.07) is 16.5. The Balaban J connectivity index is 1.83.